The maximum Gasteiger partial charge on any atom is 0.318 e. The molecule has 0 aliphatic heterocycles. The normalized spacial score (nSPS) is 10.3. The van der Waals surface area contributed by atoms with Gasteiger partial charge in [0.2, 0.25) is 0 Å². The number of hydrogen-bond acceptors (Lipinski definition) is 3. The monoisotopic (exact) mass is 286 g/mol. The van der Waals surface area contributed by atoms with Crippen molar-refractivity contribution in [3.63, 3.8) is 0 Å². The van der Waals surface area contributed by atoms with Crippen LogP contribution in [0.15, 0.2) is 54.6 Å². The second-order valence-electron chi connectivity index (χ2n) is 4.50. The maximum atomic E-state index is 10.9. The number of carbonyl (C=O) groups is 2. The third kappa shape index (κ3) is 4.07. The summed E-state index contributed by atoms with van der Waals surface area (Å²) in [5, 5.41) is 17.8. The average molecular weight is 286 g/mol. The zero-order chi connectivity index (χ0) is 15.2. The van der Waals surface area contributed by atoms with Crippen molar-refractivity contribution in [1.29, 1.82) is 0 Å². The summed E-state index contributed by atoms with van der Waals surface area (Å²) in [7, 11) is 0. The molecule has 0 bridgehead atoms. The summed E-state index contributed by atoms with van der Waals surface area (Å²) >= 11 is 0. The van der Waals surface area contributed by atoms with Crippen molar-refractivity contribution < 1.29 is 24.5 Å². The van der Waals surface area contributed by atoms with Gasteiger partial charge in [-0.3, -0.25) is 9.59 Å². The molecule has 108 valence electrons. The second-order valence-corrected chi connectivity index (χ2v) is 4.50. The van der Waals surface area contributed by atoms with Crippen molar-refractivity contribution in [1.82, 2.24) is 0 Å². The predicted molar refractivity (Wildman–Crippen MR) is 75.4 cm³/mol. The van der Waals surface area contributed by atoms with Gasteiger partial charge < -0.3 is 14.9 Å². The van der Waals surface area contributed by atoms with Crippen LogP contribution in [0.1, 0.15) is 5.56 Å². The summed E-state index contributed by atoms with van der Waals surface area (Å²) in [6.45, 7) is 0. The molecule has 2 rings (SSSR count). The Morgan fingerprint density at radius 2 is 1.52 bits per heavy atom. The highest BCUT2D eigenvalue weighted by Gasteiger charge is 2.25. The summed E-state index contributed by atoms with van der Waals surface area (Å²) in [6.07, 6.45) is -0.0867. The van der Waals surface area contributed by atoms with E-state index >= 15 is 0 Å². The Hall–Kier alpha value is -2.82. The van der Waals surface area contributed by atoms with Crippen LogP contribution < -0.4 is 4.74 Å². The third-order valence-electron chi connectivity index (χ3n) is 2.91. The number of hydrogen-bond donors (Lipinski definition) is 2. The summed E-state index contributed by atoms with van der Waals surface area (Å²) in [6, 6.07) is 15.9. The first kappa shape index (κ1) is 14.6. The molecule has 0 aliphatic rings. The highest BCUT2D eigenvalue weighted by atomic mass is 16.5. The molecule has 0 aliphatic carbocycles. The van der Waals surface area contributed by atoms with Gasteiger partial charge in [0.15, 0.2) is 5.92 Å². The van der Waals surface area contributed by atoms with Crippen molar-refractivity contribution >= 4 is 11.9 Å². The van der Waals surface area contributed by atoms with Crippen molar-refractivity contribution in [2.75, 3.05) is 0 Å². The number of carboxylic acid groups (broad SMARTS) is 2. The molecule has 0 atom stereocenters. The minimum atomic E-state index is -1.46. The van der Waals surface area contributed by atoms with E-state index in [0.717, 1.165) is 0 Å². The first-order valence-corrected chi connectivity index (χ1v) is 6.33. The van der Waals surface area contributed by atoms with E-state index in [4.69, 9.17) is 14.9 Å². The van der Waals surface area contributed by atoms with E-state index in [9.17, 15) is 9.59 Å². The summed E-state index contributed by atoms with van der Waals surface area (Å²) in [5.41, 5.74) is 0.596. The fraction of sp³-hybridized carbons (Fsp3) is 0.125. The summed E-state index contributed by atoms with van der Waals surface area (Å²) in [5.74, 6) is -2.97. The lowest BCUT2D eigenvalue weighted by Gasteiger charge is -2.10. The molecule has 0 fully saturated rings. The van der Waals surface area contributed by atoms with Crippen LogP contribution in [-0.2, 0) is 16.0 Å². The molecule has 0 heterocycles. The van der Waals surface area contributed by atoms with E-state index in [-0.39, 0.29) is 6.42 Å². The van der Waals surface area contributed by atoms with E-state index < -0.39 is 17.9 Å². The van der Waals surface area contributed by atoms with Crippen LogP contribution in [0.25, 0.3) is 0 Å². The van der Waals surface area contributed by atoms with Crippen molar-refractivity contribution in [2.45, 2.75) is 6.42 Å². The van der Waals surface area contributed by atoms with Gasteiger partial charge in [-0.15, -0.1) is 0 Å². The quantitative estimate of drug-likeness (QED) is 0.798. The highest BCUT2D eigenvalue weighted by molar-refractivity contribution is 5.93. The number of ether oxygens (including phenoxy) is 1. The molecule has 0 spiro atoms. The maximum absolute atomic E-state index is 10.9. The van der Waals surface area contributed by atoms with E-state index in [1.165, 1.54) is 0 Å². The SMILES string of the molecule is O=C(O)C(Cc1cccc(Oc2ccccc2)c1)C(=O)O. The Balaban J connectivity index is 2.14. The van der Waals surface area contributed by atoms with Crippen LogP contribution in [0.3, 0.4) is 0 Å². The number of benzene rings is 2. The molecule has 21 heavy (non-hydrogen) atoms. The fourth-order valence-electron chi connectivity index (χ4n) is 1.88. The fourth-order valence-corrected chi connectivity index (χ4v) is 1.88. The van der Waals surface area contributed by atoms with Gasteiger partial charge in [-0.05, 0) is 36.2 Å². The van der Waals surface area contributed by atoms with E-state index in [2.05, 4.69) is 0 Å². The second kappa shape index (κ2) is 6.56. The Labute approximate surface area is 121 Å². The molecular formula is C16H14O5. The molecule has 0 saturated heterocycles. The van der Waals surface area contributed by atoms with E-state index in [1.54, 1.807) is 36.4 Å². The van der Waals surface area contributed by atoms with Crippen molar-refractivity contribution in [2.24, 2.45) is 5.92 Å². The molecule has 0 aromatic heterocycles. The summed E-state index contributed by atoms with van der Waals surface area (Å²) < 4.78 is 5.63. The van der Waals surface area contributed by atoms with Crippen LogP contribution in [0.2, 0.25) is 0 Å². The number of para-hydroxylation sites is 1. The van der Waals surface area contributed by atoms with Crippen LogP contribution in [0.4, 0.5) is 0 Å². The molecular weight excluding hydrogens is 272 g/mol. The van der Waals surface area contributed by atoms with Crippen LogP contribution in [-0.4, -0.2) is 22.2 Å². The highest BCUT2D eigenvalue weighted by Crippen LogP contribution is 2.23. The van der Waals surface area contributed by atoms with Gasteiger partial charge in [0.1, 0.15) is 11.5 Å². The zero-order valence-electron chi connectivity index (χ0n) is 11.1. The first-order valence-electron chi connectivity index (χ1n) is 6.33. The molecule has 0 amide bonds. The Bertz CT molecular complexity index is 622. The smallest absolute Gasteiger partial charge is 0.318 e. The topological polar surface area (TPSA) is 83.8 Å². The standard InChI is InChI=1S/C16H14O5/c17-15(18)14(16(19)20)10-11-5-4-8-13(9-11)21-12-6-2-1-3-7-12/h1-9,14H,10H2,(H,17,18)(H,19,20). The lowest BCUT2D eigenvalue weighted by molar-refractivity contribution is -0.154. The third-order valence-corrected chi connectivity index (χ3v) is 2.91. The Morgan fingerprint density at radius 3 is 2.14 bits per heavy atom. The molecule has 0 saturated carbocycles. The lowest BCUT2D eigenvalue weighted by Crippen LogP contribution is -2.25. The van der Waals surface area contributed by atoms with Crippen LogP contribution in [0, 0.1) is 5.92 Å². The zero-order valence-corrected chi connectivity index (χ0v) is 11.1. The molecule has 5 heteroatoms. The molecule has 0 unspecified atom stereocenters. The van der Waals surface area contributed by atoms with Crippen molar-refractivity contribution in [3.05, 3.63) is 60.2 Å². The van der Waals surface area contributed by atoms with Crippen molar-refractivity contribution in [3.8, 4) is 11.5 Å². The van der Waals surface area contributed by atoms with Gasteiger partial charge in [-0.2, -0.15) is 0 Å². The minimum Gasteiger partial charge on any atom is -0.481 e. The number of rotatable bonds is 6. The Kier molecular flexibility index (Phi) is 4.56. The van der Waals surface area contributed by atoms with Crippen LogP contribution in [0.5, 0.6) is 11.5 Å². The molecule has 0 radical (unpaired) electrons. The minimum absolute atomic E-state index is 0.0867. The molecule has 2 aromatic rings. The first-order chi connectivity index (χ1) is 10.1. The van der Waals surface area contributed by atoms with Gasteiger partial charge in [0.25, 0.3) is 0 Å². The Morgan fingerprint density at radius 1 is 0.905 bits per heavy atom. The molecule has 2 aromatic carbocycles. The van der Waals surface area contributed by atoms with Gasteiger partial charge in [0, 0.05) is 0 Å². The number of carboxylic acids is 2. The lowest BCUT2D eigenvalue weighted by atomic mass is 9.99. The van der Waals surface area contributed by atoms with Gasteiger partial charge in [0.05, 0.1) is 0 Å². The van der Waals surface area contributed by atoms with Gasteiger partial charge in [-0.25, -0.2) is 0 Å². The largest absolute Gasteiger partial charge is 0.481 e. The molecule has 5 nitrogen and oxygen atoms in total. The van der Waals surface area contributed by atoms with Crippen LogP contribution >= 0.6 is 0 Å². The predicted octanol–water partition coefficient (Wildman–Crippen LogP) is 2.81. The van der Waals surface area contributed by atoms with E-state index in [0.29, 0.717) is 17.1 Å². The average Bonchev–Trinajstić information content (AvgIpc) is 2.45. The summed E-state index contributed by atoms with van der Waals surface area (Å²) in [4.78, 5) is 21.8. The number of aliphatic carboxylic acids is 2. The van der Waals surface area contributed by atoms with Gasteiger partial charge in [-0.1, -0.05) is 30.3 Å². The van der Waals surface area contributed by atoms with Gasteiger partial charge >= 0.3 is 11.9 Å². The molecule has 2 N–H and O–H groups in total. The van der Waals surface area contributed by atoms with E-state index in [1.807, 2.05) is 18.2 Å².